The molecule has 1 aliphatic carbocycles. The Labute approximate surface area is 129 Å². The molecule has 2 aliphatic rings. The summed E-state index contributed by atoms with van der Waals surface area (Å²) in [6, 6.07) is 0. The average molecular weight is 316 g/mol. The van der Waals surface area contributed by atoms with Crippen LogP contribution in [0.1, 0.15) is 65.2 Å². The van der Waals surface area contributed by atoms with E-state index in [1.54, 1.807) is 6.92 Å². The summed E-state index contributed by atoms with van der Waals surface area (Å²) in [4.78, 5) is 0. The normalized spacial score (nSPS) is 33.8. The van der Waals surface area contributed by atoms with Crippen molar-refractivity contribution >= 4 is 10.1 Å². The van der Waals surface area contributed by atoms with Crippen LogP contribution in [0.25, 0.3) is 0 Å². The maximum Gasteiger partial charge on any atom is 0.272 e. The summed E-state index contributed by atoms with van der Waals surface area (Å²) in [7, 11) is -3.60. The molecule has 0 aromatic rings. The molecule has 5 heteroatoms. The minimum atomic E-state index is -3.60. The lowest BCUT2D eigenvalue weighted by Gasteiger charge is -2.38. The maximum absolute atomic E-state index is 12.5. The summed E-state index contributed by atoms with van der Waals surface area (Å²) in [5, 5.41) is -0.474. The first-order chi connectivity index (χ1) is 9.91. The van der Waals surface area contributed by atoms with Gasteiger partial charge < -0.3 is 4.74 Å². The topological polar surface area (TPSA) is 52.6 Å². The number of unbranched alkanes of at least 4 members (excludes halogenated alkanes) is 1. The molecule has 2 fully saturated rings. The van der Waals surface area contributed by atoms with Gasteiger partial charge in [-0.05, 0) is 39.0 Å². The quantitative estimate of drug-likeness (QED) is 0.505. The number of hydrogen-bond acceptors (Lipinski definition) is 4. The molecule has 0 aromatic heterocycles. The van der Waals surface area contributed by atoms with Crippen LogP contribution in [0.15, 0.2) is 12.7 Å². The first-order valence-corrected chi connectivity index (χ1v) is 9.58. The van der Waals surface area contributed by atoms with Crippen LogP contribution >= 0.6 is 0 Å². The molecule has 4 nitrogen and oxygen atoms in total. The number of ether oxygens (including phenoxy) is 1. The van der Waals surface area contributed by atoms with Gasteiger partial charge in [-0.3, -0.25) is 0 Å². The molecule has 0 N–H and O–H groups in total. The van der Waals surface area contributed by atoms with Crippen LogP contribution in [0.2, 0.25) is 0 Å². The van der Waals surface area contributed by atoms with E-state index in [1.807, 2.05) is 6.08 Å². The zero-order chi connectivity index (χ0) is 15.6. The largest absolute Gasteiger partial charge is 0.348 e. The van der Waals surface area contributed by atoms with Crippen LogP contribution in [0.5, 0.6) is 0 Å². The highest BCUT2D eigenvalue weighted by atomic mass is 32.2. The maximum atomic E-state index is 12.5. The van der Waals surface area contributed by atoms with Crippen molar-refractivity contribution in [3.8, 4) is 0 Å². The number of rotatable bonds is 8. The fourth-order valence-corrected chi connectivity index (χ4v) is 5.07. The van der Waals surface area contributed by atoms with Gasteiger partial charge >= 0.3 is 0 Å². The molecule has 21 heavy (non-hydrogen) atoms. The second-order valence-corrected chi connectivity index (χ2v) is 8.46. The molecule has 0 aromatic carbocycles. The molecule has 0 bridgehead atoms. The van der Waals surface area contributed by atoms with Gasteiger partial charge in [-0.25, -0.2) is 4.18 Å². The van der Waals surface area contributed by atoms with Crippen LogP contribution in [0.3, 0.4) is 0 Å². The second-order valence-electron chi connectivity index (χ2n) is 6.51. The molecular formula is C16H28O4S. The van der Waals surface area contributed by atoms with E-state index in [1.165, 1.54) is 0 Å². The molecule has 0 amide bonds. The molecule has 3 unspecified atom stereocenters. The van der Waals surface area contributed by atoms with E-state index in [9.17, 15) is 8.42 Å². The van der Waals surface area contributed by atoms with Crippen LogP contribution in [0, 0.1) is 5.41 Å². The lowest BCUT2D eigenvalue weighted by molar-refractivity contribution is -0.188. The molecule has 1 saturated heterocycles. The molecule has 3 atom stereocenters. The predicted octanol–water partition coefficient (Wildman–Crippen LogP) is 3.77. The van der Waals surface area contributed by atoms with Crippen molar-refractivity contribution in [1.82, 2.24) is 0 Å². The second kappa shape index (κ2) is 6.39. The summed E-state index contributed by atoms with van der Waals surface area (Å²) < 4.78 is 36.7. The van der Waals surface area contributed by atoms with Gasteiger partial charge in [0.1, 0.15) is 0 Å². The summed E-state index contributed by atoms with van der Waals surface area (Å²) in [6.45, 7) is 8.20. The van der Waals surface area contributed by atoms with Gasteiger partial charge in [0.2, 0.25) is 0 Å². The van der Waals surface area contributed by atoms with Crippen molar-refractivity contribution in [3.05, 3.63) is 12.7 Å². The van der Waals surface area contributed by atoms with Crippen LogP contribution < -0.4 is 0 Å². The van der Waals surface area contributed by atoms with Gasteiger partial charge in [0.25, 0.3) is 10.1 Å². The van der Waals surface area contributed by atoms with E-state index in [-0.39, 0.29) is 5.41 Å². The van der Waals surface area contributed by atoms with E-state index in [0.29, 0.717) is 19.4 Å². The first kappa shape index (κ1) is 17.0. The highest BCUT2D eigenvalue weighted by molar-refractivity contribution is 7.87. The van der Waals surface area contributed by atoms with E-state index < -0.39 is 21.2 Å². The monoisotopic (exact) mass is 316 g/mol. The zero-order valence-electron chi connectivity index (χ0n) is 13.3. The zero-order valence-corrected chi connectivity index (χ0v) is 14.1. The van der Waals surface area contributed by atoms with Crippen molar-refractivity contribution in [2.45, 2.75) is 76.3 Å². The van der Waals surface area contributed by atoms with Crippen molar-refractivity contribution in [2.75, 3.05) is 6.61 Å². The minimum Gasteiger partial charge on any atom is -0.348 e. The molecule has 0 spiro atoms. The fraction of sp³-hybridized carbons (Fsp3) is 0.875. The molecule has 1 aliphatic heterocycles. The smallest absolute Gasteiger partial charge is 0.272 e. The molecular weight excluding hydrogens is 288 g/mol. The van der Waals surface area contributed by atoms with Crippen molar-refractivity contribution in [1.29, 1.82) is 0 Å². The van der Waals surface area contributed by atoms with E-state index in [2.05, 4.69) is 13.5 Å². The Bertz CT molecular complexity index is 459. The molecule has 1 heterocycles. The van der Waals surface area contributed by atoms with Gasteiger partial charge in [-0.15, -0.1) is 6.58 Å². The first-order valence-electron chi connectivity index (χ1n) is 8.11. The Hall–Kier alpha value is -0.390. The Morgan fingerprint density at radius 3 is 2.81 bits per heavy atom. The Kier molecular flexibility index (Phi) is 5.16. The summed E-state index contributed by atoms with van der Waals surface area (Å²) in [5.41, 5.74) is -0.202. The molecule has 2 rings (SSSR count). The van der Waals surface area contributed by atoms with E-state index in [4.69, 9.17) is 8.92 Å². The van der Waals surface area contributed by atoms with Gasteiger partial charge in [0, 0.05) is 11.8 Å². The van der Waals surface area contributed by atoms with E-state index in [0.717, 1.165) is 38.5 Å². The van der Waals surface area contributed by atoms with Gasteiger partial charge in [-0.1, -0.05) is 25.8 Å². The lowest BCUT2D eigenvalue weighted by Crippen LogP contribution is -2.46. The van der Waals surface area contributed by atoms with Gasteiger partial charge in [-0.2, -0.15) is 8.42 Å². The van der Waals surface area contributed by atoms with Gasteiger partial charge in [0.05, 0.1) is 11.9 Å². The minimum absolute atomic E-state index is 0.202. The Balaban J connectivity index is 2.18. The summed E-state index contributed by atoms with van der Waals surface area (Å²) in [6.07, 6.45) is 8.58. The number of allylic oxidation sites excluding steroid dienone is 1. The van der Waals surface area contributed by atoms with Crippen LogP contribution in [-0.4, -0.2) is 26.1 Å². The third-order valence-electron chi connectivity index (χ3n) is 5.13. The van der Waals surface area contributed by atoms with E-state index >= 15 is 0 Å². The van der Waals surface area contributed by atoms with Crippen molar-refractivity contribution in [2.24, 2.45) is 5.41 Å². The standard InChI is InChI=1S/C16H28O4S/c1-4-6-8-14(3)21(17,18)20-16-11-7-10-15(16,9-5-2)12-13-19-16/h5,14H,2,4,6-13H2,1,3H3. The predicted molar refractivity (Wildman–Crippen MR) is 83.4 cm³/mol. The fourth-order valence-electron chi connectivity index (χ4n) is 3.76. The number of fused-ring (bicyclic) bond motifs is 1. The van der Waals surface area contributed by atoms with Gasteiger partial charge in [0.15, 0.2) is 5.79 Å². The number of hydrogen-bond donors (Lipinski definition) is 0. The third kappa shape index (κ3) is 3.06. The van der Waals surface area contributed by atoms with Crippen LogP contribution in [0.4, 0.5) is 0 Å². The van der Waals surface area contributed by atoms with Crippen molar-refractivity contribution < 1.29 is 17.3 Å². The average Bonchev–Trinajstić information content (AvgIpc) is 2.89. The lowest BCUT2D eigenvalue weighted by atomic mass is 9.77. The molecule has 1 saturated carbocycles. The van der Waals surface area contributed by atoms with Crippen molar-refractivity contribution in [3.63, 3.8) is 0 Å². The Morgan fingerprint density at radius 1 is 1.38 bits per heavy atom. The van der Waals surface area contributed by atoms with Crippen LogP contribution in [-0.2, 0) is 19.0 Å². The molecule has 0 radical (unpaired) electrons. The third-order valence-corrected chi connectivity index (χ3v) is 6.85. The Morgan fingerprint density at radius 2 is 2.14 bits per heavy atom. The highest BCUT2D eigenvalue weighted by Crippen LogP contribution is 2.58. The highest BCUT2D eigenvalue weighted by Gasteiger charge is 2.62. The molecule has 122 valence electrons. The SMILES string of the molecule is C=CCC12CCCC1(OS(=O)(=O)C(C)CCCC)OCC2. The summed E-state index contributed by atoms with van der Waals surface area (Å²) in [5.74, 6) is -0.944. The summed E-state index contributed by atoms with van der Waals surface area (Å²) >= 11 is 0.